The Morgan fingerprint density at radius 3 is 2.86 bits per heavy atom. The maximum Gasteiger partial charge on any atom is 0.236 e. The maximum absolute atomic E-state index is 12.3. The summed E-state index contributed by atoms with van der Waals surface area (Å²) in [5, 5.41) is 18.0. The number of tetrazole rings is 1. The molecule has 10 heteroatoms. The molecule has 1 aliphatic carbocycles. The normalized spacial score (nSPS) is 14.3. The number of methoxy groups -OCH3 is 1. The molecule has 1 amide bonds. The van der Waals surface area contributed by atoms with Crippen LogP contribution in [0.2, 0.25) is 0 Å². The predicted octanol–water partition coefficient (Wildman–Crippen LogP) is 3.65. The van der Waals surface area contributed by atoms with E-state index in [1.807, 2.05) is 34.3 Å². The number of benzene rings is 1. The average Bonchev–Trinajstić information content (AvgIpc) is 3.47. The number of hydrogen-bond acceptors (Lipinski definition) is 8. The molecule has 0 aliphatic heterocycles. The molecule has 146 valence electrons. The van der Waals surface area contributed by atoms with Crippen molar-refractivity contribution in [2.24, 2.45) is 0 Å². The monoisotopic (exact) mass is 416 g/mol. The van der Waals surface area contributed by atoms with Crippen molar-refractivity contribution in [3.8, 4) is 17.0 Å². The van der Waals surface area contributed by atoms with Crippen molar-refractivity contribution in [3.63, 3.8) is 0 Å². The molecule has 0 spiro atoms. The Bertz CT molecular complexity index is 934. The lowest BCUT2D eigenvalue weighted by Gasteiger charge is -2.10. The Morgan fingerprint density at radius 1 is 1.32 bits per heavy atom. The highest BCUT2D eigenvalue weighted by Gasteiger charge is 2.22. The SMILES string of the molecule is COc1ccc(-c2csc(NC(=O)CSc3nnnn3C3CCCC3)n2)cc1. The van der Waals surface area contributed by atoms with Gasteiger partial charge in [-0.05, 0) is 47.5 Å². The van der Waals surface area contributed by atoms with Crippen LogP contribution in [0.3, 0.4) is 0 Å². The van der Waals surface area contributed by atoms with Crippen molar-refractivity contribution in [1.29, 1.82) is 0 Å². The van der Waals surface area contributed by atoms with Gasteiger partial charge in [-0.25, -0.2) is 9.67 Å². The number of thioether (sulfide) groups is 1. The molecule has 2 heterocycles. The zero-order chi connectivity index (χ0) is 19.3. The Hall–Kier alpha value is -2.46. The summed E-state index contributed by atoms with van der Waals surface area (Å²) in [6.45, 7) is 0. The Morgan fingerprint density at radius 2 is 2.11 bits per heavy atom. The van der Waals surface area contributed by atoms with E-state index in [4.69, 9.17) is 4.74 Å². The Kier molecular flexibility index (Phi) is 5.87. The van der Waals surface area contributed by atoms with Gasteiger partial charge in [-0.15, -0.1) is 16.4 Å². The highest BCUT2D eigenvalue weighted by Crippen LogP contribution is 2.31. The van der Waals surface area contributed by atoms with Crippen LogP contribution in [0.25, 0.3) is 11.3 Å². The molecule has 0 radical (unpaired) electrons. The van der Waals surface area contributed by atoms with Gasteiger partial charge in [0.2, 0.25) is 11.1 Å². The number of ether oxygens (including phenoxy) is 1. The van der Waals surface area contributed by atoms with Gasteiger partial charge in [0.25, 0.3) is 0 Å². The molecule has 1 fully saturated rings. The van der Waals surface area contributed by atoms with Gasteiger partial charge in [0.15, 0.2) is 5.13 Å². The largest absolute Gasteiger partial charge is 0.497 e. The van der Waals surface area contributed by atoms with E-state index in [1.165, 1.54) is 35.9 Å². The van der Waals surface area contributed by atoms with Gasteiger partial charge in [-0.1, -0.05) is 24.6 Å². The highest BCUT2D eigenvalue weighted by molar-refractivity contribution is 7.99. The Labute approximate surface area is 170 Å². The highest BCUT2D eigenvalue weighted by atomic mass is 32.2. The standard InChI is InChI=1S/C18H20N6O2S2/c1-26-14-8-6-12(7-9-14)15-10-27-17(19-15)20-16(25)11-28-18-21-22-23-24(18)13-4-2-3-5-13/h6-10,13H,2-5,11H2,1H3,(H,19,20,25). The first-order valence-electron chi connectivity index (χ1n) is 9.03. The third-order valence-corrected chi connectivity index (χ3v) is 6.29. The molecule has 0 saturated heterocycles. The molecule has 3 aromatic rings. The van der Waals surface area contributed by atoms with Crippen molar-refractivity contribution in [1.82, 2.24) is 25.2 Å². The number of hydrogen-bond donors (Lipinski definition) is 1. The van der Waals surface area contributed by atoms with Gasteiger partial charge in [0.1, 0.15) is 5.75 Å². The van der Waals surface area contributed by atoms with Crippen LogP contribution in [0.5, 0.6) is 5.75 Å². The Balaban J connectivity index is 1.33. The number of rotatable bonds is 7. The summed E-state index contributed by atoms with van der Waals surface area (Å²) in [6.07, 6.45) is 4.60. The van der Waals surface area contributed by atoms with Crippen LogP contribution in [0.4, 0.5) is 5.13 Å². The minimum absolute atomic E-state index is 0.124. The first kappa shape index (κ1) is 18.9. The van der Waals surface area contributed by atoms with Crippen LogP contribution in [0.1, 0.15) is 31.7 Å². The topological polar surface area (TPSA) is 94.8 Å². The second-order valence-electron chi connectivity index (χ2n) is 6.45. The number of nitrogens with one attached hydrogen (secondary N) is 1. The lowest BCUT2D eigenvalue weighted by Crippen LogP contribution is -2.15. The summed E-state index contributed by atoms with van der Waals surface area (Å²) in [5.74, 6) is 0.913. The van der Waals surface area contributed by atoms with Gasteiger partial charge >= 0.3 is 0 Å². The van der Waals surface area contributed by atoms with Crippen LogP contribution in [-0.2, 0) is 4.79 Å². The van der Waals surface area contributed by atoms with Crippen molar-refractivity contribution >= 4 is 34.1 Å². The summed E-state index contributed by atoms with van der Waals surface area (Å²) in [6, 6.07) is 8.01. The fourth-order valence-electron chi connectivity index (χ4n) is 3.17. The lowest BCUT2D eigenvalue weighted by molar-refractivity contribution is -0.113. The third-order valence-electron chi connectivity index (χ3n) is 4.60. The van der Waals surface area contributed by atoms with Crippen LogP contribution >= 0.6 is 23.1 Å². The smallest absolute Gasteiger partial charge is 0.236 e. The van der Waals surface area contributed by atoms with Crippen LogP contribution in [0, 0.1) is 0 Å². The second-order valence-corrected chi connectivity index (χ2v) is 8.25. The van der Waals surface area contributed by atoms with Gasteiger partial charge in [0, 0.05) is 10.9 Å². The number of amides is 1. The van der Waals surface area contributed by atoms with E-state index in [9.17, 15) is 4.79 Å². The molecule has 4 rings (SSSR count). The molecule has 0 atom stereocenters. The molecule has 1 aromatic carbocycles. The van der Waals surface area contributed by atoms with Crippen molar-refractivity contribution in [2.75, 3.05) is 18.2 Å². The van der Waals surface area contributed by atoms with Gasteiger partial charge in [0.05, 0.1) is 24.6 Å². The van der Waals surface area contributed by atoms with Gasteiger partial charge in [-0.3, -0.25) is 4.79 Å². The van der Waals surface area contributed by atoms with E-state index < -0.39 is 0 Å². The number of anilines is 1. The number of carbonyl (C=O) groups excluding carboxylic acids is 1. The fraction of sp³-hybridized carbons (Fsp3) is 0.389. The molecule has 8 nitrogen and oxygen atoms in total. The van der Waals surface area contributed by atoms with Crippen molar-refractivity contribution < 1.29 is 9.53 Å². The summed E-state index contributed by atoms with van der Waals surface area (Å²) in [5.41, 5.74) is 1.79. The minimum Gasteiger partial charge on any atom is -0.497 e. The van der Waals surface area contributed by atoms with E-state index in [-0.39, 0.29) is 11.7 Å². The fourth-order valence-corrected chi connectivity index (χ4v) is 4.65. The first-order chi connectivity index (χ1) is 13.7. The zero-order valence-electron chi connectivity index (χ0n) is 15.4. The summed E-state index contributed by atoms with van der Waals surface area (Å²) in [4.78, 5) is 16.8. The van der Waals surface area contributed by atoms with Crippen molar-refractivity contribution in [2.45, 2.75) is 36.9 Å². The predicted molar refractivity (Wildman–Crippen MR) is 109 cm³/mol. The van der Waals surface area contributed by atoms with E-state index >= 15 is 0 Å². The molecular weight excluding hydrogens is 396 g/mol. The van der Waals surface area contributed by atoms with E-state index in [0.29, 0.717) is 16.3 Å². The van der Waals surface area contributed by atoms with Crippen LogP contribution in [0.15, 0.2) is 34.8 Å². The van der Waals surface area contributed by atoms with E-state index in [0.717, 1.165) is 29.8 Å². The molecule has 1 aliphatic rings. The number of nitrogens with zero attached hydrogens (tertiary/aromatic N) is 5. The quantitative estimate of drug-likeness (QED) is 0.587. The van der Waals surface area contributed by atoms with Gasteiger partial charge < -0.3 is 10.1 Å². The third kappa shape index (κ3) is 4.33. The average molecular weight is 417 g/mol. The van der Waals surface area contributed by atoms with Crippen molar-refractivity contribution in [3.05, 3.63) is 29.6 Å². The molecule has 0 unspecified atom stereocenters. The lowest BCUT2D eigenvalue weighted by atomic mass is 10.2. The first-order valence-corrected chi connectivity index (χ1v) is 10.9. The molecule has 28 heavy (non-hydrogen) atoms. The maximum atomic E-state index is 12.3. The summed E-state index contributed by atoms with van der Waals surface area (Å²) >= 11 is 2.75. The second kappa shape index (κ2) is 8.70. The number of thiazole rings is 1. The van der Waals surface area contributed by atoms with Gasteiger partial charge in [-0.2, -0.15) is 0 Å². The molecule has 1 N–H and O–H groups in total. The number of carbonyl (C=O) groups is 1. The molecule has 1 saturated carbocycles. The molecule has 0 bridgehead atoms. The van der Waals surface area contributed by atoms with E-state index in [2.05, 4.69) is 25.8 Å². The molecular formula is C18H20N6O2S2. The minimum atomic E-state index is -0.124. The summed E-state index contributed by atoms with van der Waals surface area (Å²) < 4.78 is 7.03. The summed E-state index contributed by atoms with van der Waals surface area (Å²) in [7, 11) is 1.63. The van der Waals surface area contributed by atoms with E-state index in [1.54, 1.807) is 7.11 Å². The molecule has 2 aromatic heterocycles. The zero-order valence-corrected chi connectivity index (χ0v) is 17.0. The number of aromatic nitrogens is 5. The van der Waals surface area contributed by atoms with Crippen LogP contribution in [-0.4, -0.2) is 44.0 Å². The van der Waals surface area contributed by atoms with Crippen LogP contribution < -0.4 is 10.1 Å².